The van der Waals surface area contributed by atoms with E-state index in [4.69, 9.17) is 4.94 Å². The van der Waals surface area contributed by atoms with Gasteiger partial charge in [0.2, 0.25) is 0 Å². The minimum atomic E-state index is 0.0117. The summed E-state index contributed by atoms with van der Waals surface area (Å²) >= 11 is 0. The first-order valence-corrected chi connectivity index (χ1v) is 8.04. The van der Waals surface area contributed by atoms with Crippen LogP contribution in [0.4, 0.5) is 0 Å². The van der Waals surface area contributed by atoms with Gasteiger partial charge in [-0.3, -0.25) is 4.94 Å². The van der Waals surface area contributed by atoms with Crippen LogP contribution in [0.2, 0.25) is 0 Å². The fourth-order valence-electron chi connectivity index (χ4n) is 3.57. The predicted octanol–water partition coefficient (Wildman–Crippen LogP) is 4.38. The summed E-state index contributed by atoms with van der Waals surface area (Å²) in [4.78, 5) is 10.1. The molecule has 1 heterocycles. The van der Waals surface area contributed by atoms with E-state index >= 15 is 0 Å². The molecule has 0 aromatic carbocycles. The first-order valence-electron chi connectivity index (χ1n) is 8.04. The number of hydrogen-bond donors (Lipinski definition) is 0. The van der Waals surface area contributed by atoms with E-state index in [1.54, 1.807) is 0 Å². The quantitative estimate of drug-likeness (QED) is 0.568. The topological polar surface area (TPSA) is 37.2 Å². The molecule has 2 fully saturated rings. The minimum Gasteiger partial charge on any atom is -0.286 e. The Bertz CT molecular complexity index is 361. The van der Waals surface area contributed by atoms with Crippen LogP contribution in [0.15, 0.2) is 10.1 Å². The van der Waals surface area contributed by atoms with Crippen LogP contribution in [0, 0.1) is 0 Å². The molecule has 2 rings (SSSR count). The van der Waals surface area contributed by atoms with Crippen LogP contribution >= 0.6 is 0 Å². The van der Waals surface area contributed by atoms with E-state index in [9.17, 15) is 0 Å². The molecule has 1 saturated carbocycles. The van der Waals surface area contributed by atoms with Crippen molar-refractivity contribution >= 4 is 6.01 Å². The first-order chi connectivity index (χ1) is 9.42. The second-order valence-corrected chi connectivity index (χ2v) is 7.47. The Balaban J connectivity index is 1.95. The molecule has 0 aromatic rings. The fraction of sp³-hybridized carbons (Fsp3) is 0.938. The summed E-state index contributed by atoms with van der Waals surface area (Å²) in [6.45, 7) is 8.84. The molecular weight excluding hydrogens is 250 g/mol. The molecule has 114 valence electrons. The van der Waals surface area contributed by atoms with Crippen molar-refractivity contribution in [3.63, 3.8) is 0 Å². The van der Waals surface area contributed by atoms with Gasteiger partial charge in [-0.05, 0) is 59.8 Å². The lowest BCUT2D eigenvalue weighted by atomic mass is 9.82. The molecule has 1 aliphatic carbocycles. The van der Waals surface area contributed by atoms with Gasteiger partial charge < -0.3 is 0 Å². The van der Waals surface area contributed by atoms with Gasteiger partial charge in [0.25, 0.3) is 0 Å². The van der Waals surface area contributed by atoms with Crippen molar-refractivity contribution in [1.82, 2.24) is 5.06 Å². The minimum absolute atomic E-state index is 0.0117. The molecule has 4 nitrogen and oxygen atoms in total. The van der Waals surface area contributed by atoms with Crippen molar-refractivity contribution in [2.75, 3.05) is 0 Å². The summed E-state index contributed by atoms with van der Waals surface area (Å²) in [6, 6.07) is 3.17. The van der Waals surface area contributed by atoms with Crippen molar-refractivity contribution in [3.05, 3.63) is 0 Å². The molecule has 0 aromatic heterocycles. The van der Waals surface area contributed by atoms with E-state index < -0.39 is 0 Å². The summed E-state index contributed by atoms with van der Waals surface area (Å²) in [7, 11) is 0. The third-order valence-electron chi connectivity index (χ3n) is 4.66. The highest BCUT2D eigenvalue weighted by Crippen LogP contribution is 2.38. The number of hydrogen-bond acceptors (Lipinski definition) is 4. The summed E-state index contributed by atoms with van der Waals surface area (Å²) in [6.07, 6.45) is 9.74. The lowest BCUT2D eigenvalue weighted by Crippen LogP contribution is -2.57. The number of nitrogens with zero attached hydrogens (tertiary/aromatic N) is 3. The Morgan fingerprint density at radius 1 is 0.950 bits per heavy atom. The van der Waals surface area contributed by atoms with Crippen molar-refractivity contribution < 1.29 is 4.94 Å². The van der Waals surface area contributed by atoms with Gasteiger partial charge in [-0.1, -0.05) is 19.3 Å². The molecule has 0 spiro atoms. The van der Waals surface area contributed by atoms with Gasteiger partial charge in [0, 0.05) is 5.16 Å². The molecule has 1 aliphatic heterocycles. The maximum Gasteiger partial charge on any atom is 0.138 e. The van der Waals surface area contributed by atoms with Gasteiger partial charge in [-0.15, -0.1) is 5.06 Å². The van der Waals surface area contributed by atoms with Crippen molar-refractivity contribution in [2.45, 2.75) is 96.2 Å². The Morgan fingerprint density at radius 2 is 1.55 bits per heavy atom. The number of aliphatic imine (C=N–C) groups is 1. The van der Waals surface area contributed by atoms with Crippen LogP contribution < -0.4 is 0 Å². The molecule has 4 heteroatoms. The first kappa shape index (κ1) is 15.5. The SMILES string of the molecule is CC1(C)CCCC(C)(C)N1ON=C=NC1CCCCC1. The summed E-state index contributed by atoms with van der Waals surface area (Å²) in [5, 5.41) is 6.01. The molecule has 20 heavy (non-hydrogen) atoms. The second kappa shape index (κ2) is 6.28. The average Bonchev–Trinajstić information content (AvgIpc) is 2.37. The fourth-order valence-corrected chi connectivity index (χ4v) is 3.57. The van der Waals surface area contributed by atoms with Gasteiger partial charge in [-0.2, -0.15) is 0 Å². The van der Waals surface area contributed by atoms with E-state index in [2.05, 4.69) is 43.9 Å². The smallest absolute Gasteiger partial charge is 0.138 e. The highest BCUT2D eigenvalue weighted by Gasteiger charge is 2.43. The molecule has 0 N–H and O–H groups in total. The van der Waals surface area contributed by atoms with Gasteiger partial charge in [0.15, 0.2) is 0 Å². The van der Waals surface area contributed by atoms with Crippen LogP contribution in [0.3, 0.4) is 0 Å². The van der Waals surface area contributed by atoms with Crippen LogP contribution in [-0.4, -0.2) is 28.2 Å². The summed E-state index contributed by atoms with van der Waals surface area (Å²) in [5.74, 6) is 0. The maximum absolute atomic E-state index is 5.66. The Hall–Kier alpha value is -0.860. The van der Waals surface area contributed by atoms with Gasteiger partial charge >= 0.3 is 0 Å². The summed E-state index contributed by atoms with van der Waals surface area (Å²) in [5.41, 5.74) is 0.0234. The molecular formula is C16H29N3O. The molecule has 2 aliphatic rings. The zero-order valence-corrected chi connectivity index (χ0v) is 13.5. The Morgan fingerprint density at radius 3 is 2.15 bits per heavy atom. The van der Waals surface area contributed by atoms with E-state index in [1.165, 1.54) is 38.5 Å². The van der Waals surface area contributed by atoms with Gasteiger partial charge in [-0.25, -0.2) is 4.99 Å². The molecule has 0 bridgehead atoms. The molecule has 1 saturated heterocycles. The zero-order chi connectivity index (χ0) is 14.6. The zero-order valence-electron chi connectivity index (χ0n) is 13.5. The number of rotatable bonds is 3. The van der Waals surface area contributed by atoms with Crippen LogP contribution in [-0.2, 0) is 4.94 Å². The highest BCUT2D eigenvalue weighted by atomic mass is 16.8. The number of piperidine rings is 1. The Kier molecular flexibility index (Phi) is 4.87. The molecule has 0 amide bonds. The standard InChI is InChI=1S/C16H29N3O/c1-15(2)11-8-12-16(3,4)19(15)20-18-13-17-14-9-6-5-7-10-14/h14H,5-12H2,1-4H3. The Labute approximate surface area is 123 Å². The molecule has 0 radical (unpaired) electrons. The van der Waals surface area contributed by atoms with E-state index in [1.807, 2.05) is 5.06 Å². The number of hydroxylamine groups is 2. The monoisotopic (exact) mass is 279 g/mol. The van der Waals surface area contributed by atoms with Crippen molar-refractivity contribution in [1.29, 1.82) is 0 Å². The van der Waals surface area contributed by atoms with E-state index in [-0.39, 0.29) is 11.1 Å². The van der Waals surface area contributed by atoms with Crippen molar-refractivity contribution in [2.24, 2.45) is 10.1 Å². The maximum atomic E-state index is 5.66. The third-order valence-corrected chi connectivity index (χ3v) is 4.66. The predicted molar refractivity (Wildman–Crippen MR) is 81.7 cm³/mol. The molecule has 0 atom stereocenters. The third kappa shape index (κ3) is 3.83. The molecule has 0 unspecified atom stereocenters. The van der Waals surface area contributed by atoms with E-state index in [0.717, 1.165) is 12.8 Å². The largest absolute Gasteiger partial charge is 0.286 e. The highest BCUT2D eigenvalue weighted by molar-refractivity contribution is 5.40. The van der Waals surface area contributed by atoms with Crippen LogP contribution in [0.1, 0.15) is 79.1 Å². The van der Waals surface area contributed by atoms with Crippen molar-refractivity contribution in [3.8, 4) is 0 Å². The average molecular weight is 279 g/mol. The second-order valence-electron chi connectivity index (χ2n) is 7.47. The lowest BCUT2D eigenvalue weighted by molar-refractivity contribution is -0.281. The lowest BCUT2D eigenvalue weighted by Gasteiger charge is -2.48. The summed E-state index contributed by atoms with van der Waals surface area (Å²) < 4.78 is 0. The normalized spacial score (nSPS) is 26.6. The van der Waals surface area contributed by atoms with Crippen LogP contribution in [0.25, 0.3) is 0 Å². The van der Waals surface area contributed by atoms with E-state index in [0.29, 0.717) is 6.04 Å². The van der Waals surface area contributed by atoms with Gasteiger partial charge in [0.1, 0.15) is 6.01 Å². The van der Waals surface area contributed by atoms with Gasteiger partial charge in [0.05, 0.1) is 17.1 Å². The van der Waals surface area contributed by atoms with Crippen LogP contribution in [0.5, 0.6) is 0 Å².